The van der Waals surface area contributed by atoms with Crippen LogP contribution in [0.25, 0.3) is 22.0 Å². The molecule has 0 bridgehead atoms. The number of aliphatic hydroxyl groups is 1. The van der Waals surface area contributed by atoms with Crippen LogP contribution in [0.2, 0.25) is 10.0 Å². The van der Waals surface area contributed by atoms with Gasteiger partial charge in [0.25, 0.3) is 17.7 Å². The average molecular weight is 432 g/mol. The van der Waals surface area contributed by atoms with Gasteiger partial charge in [-0.3, -0.25) is 19.7 Å². The minimum absolute atomic E-state index is 0.0542. The Morgan fingerprint density at radius 1 is 1.14 bits per heavy atom. The lowest BCUT2D eigenvalue weighted by Crippen LogP contribution is -2.28. The first kappa shape index (κ1) is 19.4. The summed E-state index contributed by atoms with van der Waals surface area (Å²) in [6, 6.07) is 8.67. The van der Waals surface area contributed by atoms with E-state index in [2.05, 4.69) is 10.6 Å². The first-order valence-corrected chi connectivity index (χ1v) is 9.47. The van der Waals surface area contributed by atoms with Crippen LogP contribution in [-0.4, -0.2) is 40.5 Å². The van der Waals surface area contributed by atoms with Crippen molar-refractivity contribution in [3.8, 4) is 11.1 Å². The number of amides is 3. The molecule has 0 spiro atoms. The van der Waals surface area contributed by atoms with E-state index in [1.807, 2.05) is 0 Å². The van der Waals surface area contributed by atoms with Crippen molar-refractivity contribution in [1.82, 2.24) is 15.2 Å². The van der Waals surface area contributed by atoms with Crippen molar-refractivity contribution in [3.63, 3.8) is 0 Å². The summed E-state index contributed by atoms with van der Waals surface area (Å²) in [5.74, 6) is -1.63. The highest BCUT2D eigenvalue weighted by Gasteiger charge is 2.36. The third kappa shape index (κ3) is 2.90. The van der Waals surface area contributed by atoms with Crippen molar-refractivity contribution in [2.45, 2.75) is 0 Å². The van der Waals surface area contributed by atoms with Gasteiger partial charge in [0.05, 0.1) is 28.3 Å². The molecule has 0 saturated heterocycles. The van der Waals surface area contributed by atoms with Crippen LogP contribution in [0.5, 0.6) is 0 Å². The zero-order valence-electron chi connectivity index (χ0n) is 15.2. The Bertz CT molecular complexity index is 1220. The fraction of sp³-hybridized carbons (Fsp3) is 0.150. The number of nitrogens with one attached hydrogen (secondary N) is 2. The maximum atomic E-state index is 12.6. The number of nitrogens with zero attached hydrogens (tertiary/aromatic N) is 1. The Hall–Kier alpha value is -2.87. The number of hydrogen-bond acceptors (Lipinski definition) is 4. The SMILES string of the molecule is Cn1c(C(=O)NCCO)c(Cl)c2c3c(c(-c4ccccc4Cl)cc21)C(=O)NC3=O. The van der Waals surface area contributed by atoms with E-state index in [-0.39, 0.29) is 35.0 Å². The predicted molar refractivity (Wildman–Crippen MR) is 110 cm³/mol. The number of aryl methyl sites for hydroxylation is 1. The maximum Gasteiger partial charge on any atom is 0.269 e. The second-order valence-corrected chi connectivity index (χ2v) is 7.32. The van der Waals surface area contributed by atoms with Gasteiger partial charge >= 0.3 is 0 Å². The lowest BCUT2D eigenvalue weighted by Gasteiger charge is -2.10. The summed E-state index contributed by atoms with van der Waals surface area (Å²) in [6.45, 7) is -0.172. The molecule has 9 heteroatoms. The molecular formula is C20H15Cl2N3O4. The van der Waals surface area contributed by atoms with Crippen LogP contribution in [0.3, 0.4) is 0 Å². The van der Waals surface area contributed by atoms with E-state index in [0.29, 0.717) is 27.1 Å². The highest BCUT2D eigenvalue weighted by atomic mass is 35.5. The van der Waals surface area contributed by atoms with Crippen LogP contribution in [0.1, 0.15) is 31.2 Å². The van der Waals surface area contributed by atoms with Gasteiger partial charge in [0.15, 0.2) is 0 Å². The molecule has 0 aliphatic carbocycles. The molecule has 0 unspecified atom stereocenters. The molecule has 0 radical (unpaired) electrons. The van der Waals surface area contributed by atoms with Gasteiger partial charge in [0, 0.05) is 29.6 Å². The number of aliphatic hydroxyl groups excluding tert-OH is 1. The van der Waals surface area contributed by atoms with Crippen LogP contribution in [0.4, 0.5) is 0 Å². The largest absolute Gasteiger partial charge is 0.395 e. The molecule has 2 heterocycles. The molecule has 2 aromatic carbocycles. The normalized spacial score (nSPS) is 13.0. The number of halogens is 2. The third-order valence-electron chi connectivity index (χ3n) is 4.89. The van der Waals surface area contributed by atoms with E-state index in [0.717, 1.165) is 0 Å². The van der Waals surface area contributed by atoms with E-state index < -0.39 is 17.7 Å². The van der Waals surface area contributed by atoms with E-state index in [4.69, 9.17) is 28.3 Å². The Morgan fingerprint density at radius 3 is 2.52 bits per heavy atom. The second-order valence-electron chi connectivity index (χ2n) is 6.53. The standard InChI is InChI=1S/C20H15Cl2N3O4/c1-25-12-8-10(9-4-2-3-5-11(9)21)13-15(19(28)24-18(13)27)14(12)16(22)17(25)20(29)23-6-7-26/h2-5,8,26H,6-7H2,1H3,(H,23,29)(H,24,27,28). The van der Waals surface area contributed by atoms with Crippen LogP contribution in [0, 0.1) is 0 Å². The van der Waals surface area contributed by atoms with Gasteiger partial charge in [-0.05, 0) is 17.7 Å². The van der Waals surface area contributed by atoms with E-state index in [1.165, 1.54) is 0 Å². The number of carbonyl (C=O) groups is 3. The first-order chi connectivity index (χ1) is 13.9. The summed E-state index contributed by atoms with van der Waals surface area (Å²) in [5, 5.41) is 14.6. The molecule has 3 amide bonds. The minimum atomic E-state index is -0.585. The zero-order valence-corrected chi connectivity index (χ0v) is 16.7. The van der Waals surface area contributed by atoms with E-state index >= 15 is 0 Å². The molecule has 1 aliphatic heterocycles. The van der Waals surface area contributed by atoms with Gasteiger partial charge in [0.1, 0.15) is 5.69 Å². The second kappa shape index (κ2) is 7.18. The number of fused-ring (bicyclic) bond motifs is 3. The van der Waals surface area contributed by atoms with Crippen LogP contribution in [0.15, 0.2) is 30.3 Å². The van der Waals surface area contributed by atoms with Crippen molar-refractivity contribution in [1.29, 1.82) is 0 Å². The molecule has 3 aromatic rings. The van der Waals surface area contributed by atoms with Crippen molar-refractivity contribution in [2.75, 3.05) is 13.2 Å². The fourth-order valence-electron chi connectivity index (χ4n) is 3.63. The maximum absolute atomic E-state index is 12.6. The molecule has 148 valence electrons. The molecule has 4 rings (SSSR count). The van der Waals surface area contributed by atoms with Crippen molar-refractivity contribution >= 4 is 51.8 Å². The predicted octanol–water partition coefficient (Wildman–Crippen LogP) is 2.76. The van der Waals surface area contributed by atoms with Gasteiger partial charge in [-0.1, -0.05) is 41.4 Å². The highest BCUT2D eigenvalue weighted by molar-refractivity contribution is 6.42. The first-order valence-electron chi connectivity index (χ1n) is 8.71. The quantitative estimate of drug-likeness (QED) is 0.552. The van der Waals surface area contributed by atoms with Gasteiger partial charge in [-0.25, -0.2) is 0 Å². The molecule has 3 N–H and O–H groups in total. The smallest absolute Gasteiger partial charge is 0.269 e. The average Bonchev–Trinajstić information content (AvgIpc) is 3.13. The number of benzene rings is 2. The van der Waals surface area contributed by atoms with Gasteiger partial charge in [0.2, 0.25) is 0 Å². The molecule has 0 saturated carbocycles. The lowest BCUT2D eigenvalue weighted by atomic mass is 9.94. The van der Waals surface area contributed by atoms with Gasteiger partial charge in [-0.15, -0.1) is 0 Å². The summed E-state index contributed by atoms with van der Waals surface area (Å²) >= 11 is 12.8. The van der Waals surface area contributed by atoms with Gasteiger partial charge < -0.3 is 15.0 Å². The summed E-state index contributed by atoms with van der Waals surface area (Å²) in [7, 11) is 1.64. The Balaban J connectivity index is 2.09. The molecule has 7 nitrogen and oxygen atoms in total. The Labute approximate surface area is 175 Å². The van der Waals surface area contributed by atoms with Gasteiger partial charge in [-0.2, -0.15) is 0 Å². The van der Waals surface area contributed by atoms with Crippen molar-refractivity contribution in [2.24, 2.45) is 7.05 Å². The molecule has 0 fully saturated rings. The number of hydrogen-bond donors (Lipinski definition) is 3. The van der Waals surface area contributed by atoms with Crippen LogP contribution in [-0.2, 0) is 7.05 Å². The topological polar surface area (TPSA) is 100 Å². The Kier molecular flexibility index (Phi) is 4.82. The highest BCUT2D eigenvalue weighted by Crippen LogP contribution is 2.42. The van der Waals surface area contributed by atoms with Crippen LogP contribution >= 0.6 is 23.2 Å². The van der Waals surface area contributed by atoms with Crippen molar-refractivity contribution in [3.05, 3.63) is 57.2 Å². The monoisotopic (exact) mass is 431 g/mol. The Morgan fingerprint density at radius 2 is 1.83 bits per heavy atom. The zero-order chi connectivity index (χ0) is 20.9. The lowest BCUT2D eigenvalue weighted by molar-refractivity contribution is 0.0878. The summed E-state index contributed by atoms with van der Waals surface area (Å²) in [4.78, 5) is 37.7. The summed E-state index contributed by atoms with van der Waals surface area (Å²) < 4.78 is 1.56. The fourth-order valence-corrected chi connectivity index (χ4v) is 4.27. The van der Waals surface area contributed by atoms with E-state index in [1.54, 1.807) is 41.9 Å². The summed E-state index contributed by atoms with van der Waals surface area (Å²) in [5.41, 5.74) is 1.97. The summed E-state index contributed by atoms with van der Waals surface area (Å²) in [6.07, 6.45) is 0. The minimum Gasteiger partial charge on any atom is -0.395 e. The van der Waals surface area contributed by atoms with Crippen LogP contribution < -0.4 is 10.6 Å². The molecule has 0 atom stereocenters. The molecule has 29 heavy (non-hydrogen) atoms. The number of rotatable bonds is 4. The third-order valence-corrected chi connectivity index (χ3v) is 5.59. The molecular weight excluding hydrogens is 417 g/mol. The van der Waals surface area contributed by atoms with Crippen molar-refractivity contribution < 1.29 is 19.5 Å². The number of carbonyl (C=O) groups excluding carboxylic acids is 3. The molecule has 1 aliphatic rings. The molecule has 1 aromatic heterocycles. The number of imide groups is 1. The number of aromatic nitrogens is 1. The van der Waals surface area contributed by atoms with E-state index in [9.17, 15) is 14.4 Å².